The van der Waals surface area contributed by atoms with Crippen molar-refractivity contribution in [3.8, 4) is 56.4 Å². The van der Waals surface area contributed by atoms with Crippen molar-refractivity contribution < 1.29 is 130 Å². The summed E-state index contributed by atoms with van der Waals surface area (Å²) in [5.74, 6) is -15.1. The summed E-state index contributed by atoms with van der Waals surface area (Å²) in [5.41, 5.74) is 6.93. The molecule has 4 aliphatic carbocycles. The van der Waals surface area contributed by atoms with E-state index in [-0.39, 0.29) is 80.3 Å². The summed E-state index contributed by atoms with van der Waals surface area (Å²) in [6.07, 6.45) is 7.39. The molecule has 8 unspecified atom stereocenters. The third-order valence-electron chi connectivity index (χ3n) is 24.0. The fraction of sp³-hybridized carbons (Fsp3) is 0.215. The van der Waals surface area contributed by atoms with E-state index in [2.05, 4.69) is 26.3 Å². The van der Waals surface area contributed by atoms with Gasteiger partial charge in [-0.15, -0.1) is 0 Å². The van der Waals surface area contributed by atoms with E-state index in [4.69, 9.17) is 52.1 Å². The van der Waals surface area contributed by atoms with Crippen molar-refractivity contribution in [2.45, 2.75) is 61.2 Å². The Bertz CT molecular complexity index is 5790. The van der Waals surface area contributed by atoms with E-state index < -0.39 is 180 Å². The van der Waals surface area contributed by atoms with Gasteiger partial charge >= 0.3 is 65.7 Å². The number of Topliss-reactive ketones (excluding diaryl/α,β-unsaturated/α-hetero) is 1. The molecule has 682 valence electrons. The van der Waals surface area contributed by atoms with Crippen molar-refractivity contribution in [3.63, 3.8) is 0 Å². The number of hydrogen-bond acceptors (Lipinski definition) is 23. The molecule has 0 saturated heterocycles. The highest BCUT2D eigenvalue weighted by Crippen LogP contribution is 2.58. The number of aromatic carboxylic acids is 2. The number of carboxylic acids is 4. The molecule has 0 aliphatic heterocycles. The first kappa shape index (κ1) is 93.8. The number of carboxylic acid groups (broad SMARTS) is 4. The maximum absolute atomic E-state index is 14.6. The summed E-state index contributed by atoms with van der Waals surface area (Å²) < 4.78 is 64.2. The van der Waals surface area contributed by atoms with Crippen LogP contribution in [0.2, 0.25) is 0 Å². The number of fused-ring (bicyclic) bond motifs is 6. The predicted octanol–water partition coefficient (Wildman–Crippen LogP) is 16.2. The molecule has 4 N–H and O–H groups in total. The van der Waals surface area contributed by atoms with Crippen LogP contribution in [0.25, 0.3) is 33.4 Å². The molecule has 8 atom stereocenters. The molecule has 10 aromatic rings. The van der Waals surface area contributed by atoms with E-state index >= 15 is 0 Å². The van der Waals surface area contributed by atoms with Gasteiger partial charge in [-0.05, 0) is 176 Å². The number of aliphatic carboxylic acids is 2. The number of benzene rings is 10. The number of esters is 7. The van der Waals surface area contributed by atoms with Crippen LogP contribution in [-0.2, 0) is 82.3 Å². The molecule has 27 heteroatoms. The molecule has 0 radical (unpaired) electrons. The Balaban J connectivity index is 0.678. The van der Waals surface area contributed by atoms with Crippen LogP contribution in [0.3, 0.4) is 0 Å². The molecule has 10 aromatic carbocycles. The van der Waals surface area contributed by atoms with Crippen molar-refractivity contribution in [3.05, 3.63) is 372 Å². The van der Waals surface area contributed by atoms with Gasteiger partial charge in [-0.25, -0.2) is 38.4 Å². The van der Waals surface area contributed by atoms with Crippen LogP contribution >= 0.6 is 0 Å². The van der Waals surface area contributed by atoms with Crippen LogP contribution in [-0.4, -0.2) is 163 Å². The van der Waals surface area contributed by atoms with Gasteiger partial charge in [0.2, 0.25) is 0 Å². The van der Waals surface area contributed by atoms with E-state index in [1.807, 2.05) is 146 Å². The molecule has 0 aromatic heterocycles. The minimum absolute atomic E-state index is 0.0577. The van der Waals surface area contributed by atoms with Gasteiger partial charge in [0.1, 0.15) is 68.4 Å². The second kappa shape index (κ2) is 42.5. The van der Waals surface area contributed by atoms with Gasteiger partial charge in [-0.1, -0.05) is 208 Å². The standard InChI is InChI=1S/C107H92O27/c1-5-95(109)128-57-64(53-94(108)82-25-9-10-26-83(82)99(113)114)56-124-71-43-35-67(36-44-71)106(90-29-17-13-21-78(90)79-22-14-18-30-91(79)106)68-39-47-73(48-40-68)126-59-76(62-130-97(111)7-3)133-104(122)88-54-65(33-51-85(88)101(117)118)66-34-52-86(102(119)120)89(55-66)105(123)134-77(63-131-98(112)8-4)60-127-74-49-41-70(42-50-74)107(92-31-19-15-23-80(92)81-24-16-20-32-93(81)107)69-37-45-72(46-38-69)125-58-75(61-129-96(110)6-2)132-103(121)87-28-12-11-27-84(87)100(115)116/h5-24,29-52,54-55,64,75-77,82-84,87H,1-4,25-28,53,56-63H2,(H,113,114)(H,115,116)(H,117,118)(H,119,120). The first-order valence-corrected chi connectivity index (χ1v) is 43.0. The highest BCUT2D eigenvalue weighted by Gasteiger charge is 2.49. The number of carbonyl (C=O) groups is 12. The Kier molecular flexibility index (Phi) is 29.8. The number of carbonyl (C=O) groups excluding carboxylic acids is 8. The molecule has 0 fully saturated rings. The fourth-order valence-electron chi connectivity index (χ4n) is 17.6. The molecule has 4 aliphatic rings. The van der Waals surface area contributed by atoms with Crippen molar-refractivity contribution in [2.24, 2.45) is 29.6 Å². The van der Waals surface area contributed by atoms with Gasteiger partial charge in [0.25, 0.3) is 0 Å². The molecule has 27 nitrogen and oxygen atoms in total. The molecule has 0 saturated carbocycles. The van der Waals surface area contributed by atoms with Gasteiger partial charge in [0.15, 0.2) is 18.3 Å². The lowest BCUT2D eigenvalue weighted by Crippen LogP contribution is -2.37. The van der Waals surface area contributed by atoms with E-state index in [0.717, 1.165) is 115 Å². The molecule has 14 rings (SSSR count). The van der Waals surface area contributed by atoms with Gasteiger partial charge < -0.3 is 72.5 Å². The Morgan fingerprint density at radius 2 is 0.612 bits per heavy atom. The lowest BCUT2D eigenvalue weighted by Gasteiger charge is -2.34. The van der Waals surface area contributed by atoms with Crippen LogP contribution in [0.5, 0.6) is 23.0 Å². The fourth-order valence-corrected chi connectivity index (χ4v) is 17.6. The summed E-state index contributed by atoms with van der Waals surface area (Å²) in [7, 11) is 0. The molecule has 0 heterocycles. The van der Waals surface area contributed by atoms with Crippen LogP contribution in [0.4, 0.5) is 0 Å². The third kappa shape index (κ3) is 20.6. The lowest BCUT2D eigenvalue weighted by molar-refractivity contribution is -0.167. The Morgan fingerprint density at radius 1 is 0.321 bits per heavy atom. The monoisotopic (exact) mass is 1810 g/mol. The second-order valence-corrected chi connectivity index (χ2v) is 32.1. The summed E-state index contributed by atoms with van der Waals surface area (Å²) in [6, 6.07) is 68.0. The Hall–Kier alpha value is -16.3. The van der Waals surface area contributed by atoms with Gasteiger partial charge in [0.05, 0.1) is 64.1 Å². The minimum Gasteiger partial charge on any atom is -0.493 e. The quantitative estimate of drug-likeness (QED) is 0.0119. The summed E-state index contributed by atoms with van der Waals surface area (Å²) in [4.78, 5) is 157. The maximum Gasteiger partial charge on any atom is 0.339 e. The van der Waals surface area contributed by atoms with Crippen molar-refractivity contribution >= 4 is 71.4 Å². The number of rotatable bonds is 42. The third-order valence-corrected chi connectivity index (χ3v) is 24.0. The van der Waals surface area contributed by atoms with Gasteiger partial charge in [-0.2, -0.15) is 0 Å². The molecule has 0 spiro atoms. The van der Waals surface area contributed by atoms with Crippen LogP contribution < -0.4 is 18.9 Å². The smallest absolute Gasteiger partial charge is 0.339 e. The molecule has 0 amide bonds. The minimum atomic E-state index is -1.56. The first-order chi connectivity index (χ1) is 64.8. The average Bonchev–Trinajstić information content (AvgIpc) is 1.54. The predicted molar refractivity (Wildman–Crippen MR) is 487 cm³/mol. The number of allylic oxidation sites excluding steroid dienone is 4. The van der Waals surface area contributed by atoms with E-state index in [0.29, 0.717) is 11.5 Å². The van der Waals surface area contributed by atoms with Gasteiger partial charge in [-0.3, -0.25) is 19.2 Å². The largest absolute Gasteiger partial charge is 0.493 e. The summed E-state index contributed by atoms with van der Waals surface area (Å²) in [5, 5.41) is 41.0. The molecule has 0 bridgehead atoms. The SMILES string of the molecule is C=CC(=O)OCC(COc1ccc(C2(c3ccc(OCC(COC(=O)C=C)OC(=O)c4cc(-c5ccc(C(=O)O)c(C(=O)OC(COC(=O)C=C)COc6ccc(C7(c8ccc(OCC(COC(=O)C=C)OC(=O)C9CC=CCC9C(=O)O)cc8)c8ccccc8-c8ccccc87)cc6)c5)ccc4C(=O)O)cc3)c3ccccc3-c3ccccc32)cc1)CC(=O)C1CC=CCC1C(=O)O. The first-order valence-electron chi connectivity index (χ1n) is 43.0. The van der Waals surface area contributed by atoms with Crippen molar-refractivity contribution in [2.75, 3.05) is 52.9 Å². The summed E-state index contributed by atoms with van der Waals surface area (Å²) >= 11 is 0. The zero-order valence-corrected chi connectivity index (χ0v) is 72.4. The number of ether oxygens (including phenoxy) is 11. The normalized spacial score (nSPS) is 16.3. The molecular weight excluding hydrogens is 1720 g/mol. The molecule has 134 heavy (non-hydrogen) atoms. The van der Waals surface area contributed by atoms with E-state index in [1.54, 1.807) is 72.8 Å². The van der Waals surface area contributed by atoms with Crippen molar-refractivity contribution in [1.29, 1.82) is 0 Å². The van der Waals surface area contributed by atoms with E-state index in [9.17, 15) is 78.0 Å². The topological polar surface area (TPSA) is 387 Å². The molecular formula is C107H92O27. The maximum atomic E-state index is 14.6. The second-order valence-electron chi connectivity index (χ2n) is 32.1. The average molecular weight is 1810 g/mol. The summed E-state index contributed by atoms with van der Waals surface area (Å²) in [6.45, 7) is 10.8. The zero-order chi connectivity index (χ0) is 94.7. The highest BCUT2D eigenvalue weighted by atomic mass is 16.6. The number of hydrogen-bond donors (Lipinski definition) is 4. The van der Waals surface area contributed by atoms with Crippen LogP contribution in [0.15, 0.2) is 305 Å². The highest BCUT2D eigenvalue weighted by molar-refractivity contribution is 6.06. The Morgan fingerprint density at radius 3 is 0.933 bits per heavy atom. The van der Waals surface area contributed by atoms with Crippen molar-refractivity contribution in [1.82, 2.24) is 0 Å². The lowest BCUT2D eigenvalue weighted by atomic mass is 9.68. The zero-order valence-electron chi connectivity index (χ0n) is 72.4. The number of ketones is 1. The van der Waals surface area contributed by atoms with E-state index in [1.165, 1.54) is 12.1 Å². The van der Waals surface area contributed by atoms with Gasteiger partial charge in [0, 0.05) is 42.6 Å². The van der Waals surface area contributed by atoms with Crippen LogP contribution in [0, 0.1) is 29.6 Å². The van der Waals surface area contributed by atoms with Crippen LogP contribution in [0.1, 0.15) is 118 Å². The Labute approximate surface area is 769 Å².